The monoisotopic (exact) mass is 460 g/mol. The van der Waals surface area contributed by atoms with Crippen LogP contribution in [0, 0.1) is 17.8 Å². The summed E-state index contributed by atoms with van der Waals surface area (Å²) >= 11 is 0. The first-order valence-electron chi connectivity index (χ1n) is 11.9. The van der Waals surface area contributed by atoms with Crippen molar-refractivity contribution in [2.75, 3.05) is 20.3 Å². The normalized spacial score (nSPS) is 15.0. The van der Waals surface area contributed by atoms with Crippen LogP contribution in [0.1, 0.15) is 46.6 Å². The molecule has 180 valence electrons. The van der Waals surface area contributed by atoms with E-state index in [2.05, 4.69) is 45.4 Å². The molecule has 0 amide bonds. The minimum atomic E-state index is -1.95. The molecule has 0 heterocycles. The van der Waals surface area contributed by atoms with Gasteiger partial charge in [0.2, 0.25) is 0 Å². The van der Waals surface area contributed by atoms with Crippen molar-refractivity contribution in [2.24, 2.45) is 5.41 Å². The van der Waals surface area contributed by atoms with E-state index in [1.54, 1.807) is 13.2 Å². The van der Waals surface area contributed by atoms with Crippen LogP contribution in [0.15, 0.2) is 43.0 Å². The van der Waals surface area contributed by atoms with E-state index in [1.165, 1.54) is 0 Å². The molecule has 0 aliphatic heterocycles. The third-order valence-corrected chi connectivity index (χ3v) is 11.1. The van der Waals surface area contributed by atoms with Crippen molar-refractivity contribution in [3.63, 3.8) is 0 Å². The van der Waals surface area contributed by atoms with E-state index in [9.17, 15) is 0 Å². The van der Waals surface area contributed by atoms with Crippen molar-refractivity contribution in [3.05, 3.63) is 48.6 Å². The Hall–Kier alpha value is -1.42. The minimum Gasteiger partial charge on any atom is -0.409 e. The summed E-state index contributed by atoms with van der Waals surface area (Å²) in [6.07, 6.45) is 7.61. The molecule has 0 saturated heterocycles. The van der Waals surface area contributed by atoms with Crippen LogP contribution in [0.4, 0.5) is 0 Å². The predicted molar refractivity (Wildman–Crippen MR) is 136 cm³/mol. The van der Waals surface area contributed by atoms with Crippen LogP contribution < -0.4 is 0 Å². The number of rotatable bonds is 17. The van der Waals surface area contributed by atoms with Gasteiger partial charge >= 0.3 is 0 Å². The predicted octanol–water partition coefficient (Wildman–Crippen LogP) is 6.23. The quantitative estimate of drug-likeness (QED) is 0.119. The van der Waals surface area contributed by atoms with E-state index in [4.69, 9.17) is 25.1 Å². The van der Waals surface area contributed by atoms with Crippen LogP contribution in [0.3, 0.4) is 0 Å². The van der Waals surface area contributed by atoms with Crippen LogP contribution in [0.5, 0.6) is 0 Å². The van der Waals surface area contributed by atoms with Gasteiger partial charge in [0.25, 0.3) is 0 Å². The first-order valence-corrected chi connectivity index (χ1v) is 14.4. The van der Waals surface area contributed by atoms with Crippen molar-refractivity contribution in [2.45, 2.75) is 84.1 Å². The standard InChI is InChI=1S/C27H44O4Si/c1-9-20-30-26(27(6,7)10-2)25(31-32(11-3,12-4)13-5)24(28-8)19-21-29-22-23-17-15-14-16-18-23/h2,9,14-18,24-26H,1,11-13,19-22H2,3-8H3/t24-,25+,26-/m0/s1. The summed E-state index contributed by atoms with van der Waals surface area (Å²) in [7, 11) is -0.214. The lowest BCUT2D eigenvalue weighted by atomic mass is 9.82. The van der Waals surface area contributed by atoms with Gasteiger partial charge < -0.3 is 18.6 Å². The van der Waals surface area contributed by atoms with Gasteiger partial charge in [0.1, 0.15) is 6.10 Å². The van der Waals surface area contributed by atoms with E-state index in [-0.39, 0.29) is 18.3 Å². The Kier molecular flexibility index (Phi) is 13.1. The SMILES string of the molecule is C#CC(C)(C)[C@@H](OCC=C)[C@H](O[Si](CC)(CC)CC)[C@H](CCOCc1ccccc1)OC. The molecule has 5 heteroatoms. The van der Waals surface area contributed by atoms with Gasteiger partial charge in [-0.25, -0.2) is 0 Å². The summed E-state index contributed by atoms with van der Waals surface area (Å²) in [6.45, 7) is 16.1. The highest BCUT2D eigenvalue weighted by Gasteiger charge is 2.44. The van der Waals surface area contributed by atoms with Crippen molar-refractivity contribution in [1.29, 1.82) is 0 Å². The molecule has 3 atom stereocenters. The molecule has 4 nitrogen and oxygen atoms in total. The zero-order valence-corrected chi connectivity index (χ0v) is 22.1. The van der Waals surface area contributed by atoms with Crippen molar-refractivity contribution in [3.8, 4) is 12.3 Å². The number of methoxy groups -OCH3 is 1. The van der Waals surface area contributed by atoms with Crippen LogP contribution in [-0.4, -0.2) is 47.0 Å². The fourth-order valence-electron chi connectivity index (χ4n) is 3.97. The van der Waals surface area contributed by atoms with Gasteiger partial charge in [0.15, 0.2) is 8.32 Å². The second-order valence-electron chi connectivity index (χ2n) is 8.84. The highest BCUT2D eigenvalue weighted by Crippen LogP contribution is 2.34. The molecule has 0 N–H and O–H groups in total. The summed E-state index contributed by atoms with van der Waals surface area (Å²) in [5, 5.41) is 0. The minimum absolute atomic E-state index is 0.190. The molecule has 0 aliphatic rings. The molecule has 32 heavy (non-hydrogen) atoms. The first kappa shape index (κ1) is 28.6. The molecule has 1 aromatic carbocycles. The molecular formula is C27H44O4Si. The molecule has 0 fully saturated rings. The van der Waals surface area contributed by atoms with Crippen molar-refractivity contribution in [1.82, 2.24) is 0 Å². The van der Waals surface area contributed by atoms with Crippen molar-refractivity contribution >= 4 is 8.32 Å². The summed E-state index contributed by atoms with van der Waals surface area (Å²) < 4.78 is 25.2. The van der Waals surface area contributed by atoms with Gasteiger partial charge in [-0.15, -0.1) is 13.0 Å². The Balaban J connectivity index is 3.10. The third kappa shape index (κ3) is 8.50. The maximum absolute atomic E-state index is 7.00. The van der Waals surface area contributed by atoms with Crippen LogP contribution >= 0.6 is 0 Å². The highest BCUT2D eigenvalue weighted by atomic mass is 28.4. The number of hydrogen-bond acceptors (Lipinski definition) is 4. The fraction of sp³-hybridized carbons (Fsp3) is 0.630. The third-order valence-electron chi connectivity index (χ3n) is 6.42. The van der Waals surface area contributed by atoms with Crippen LogP contribution in [0.25, 0.3) is 0 Å². The number of terminal acetylenes is 1. The van der Waals surface area contributed by atoms with E-state index in [0.717, 1.165) is 23.7 Å². The molecule has 0 aliphatic carbocycles. The van der Waals surface area contributed by atoms with E-state index < -0.39 is 13.7 Å². The Morgan fingerprint density at radius 3 is 2.25 bits per heavy atom. The molecule has 0 spiro atoms. The fourth-order valence-corrected chi connectivity index (χ4v) is 6.82. The zero-order valence-electron chi connectivity index (χ0n) is 21.1. The van der Waals surface area contributed by atoms with E-state index in [0.29, 0.717) is 26.2 Å². The van der Waals surface area contributed by atoms with Crippen molar-refractivity contribution < 1.29 is 18.6 Å². The summed E-state index contributed by atoms with van der Waals surface area (Å²) in [5.41, 5.74) is 0.634. The Morgan fingerprint density at radius 1 is 1.12 bits per heavy atom. The van der Waals surface area contributed by atoms with Gasteiger partial charge in [0.05, 0.1) is 30.8 Å². The average molecular weight is 461 g/mol. The number of ether oxygens (including phenoxy) is 3. The lowest BCUT2D eigenvalue weighted by molar-refractivity contribution is -0.123. The molecule has 0 saturated carbocycles. The maximum Gasteiger partial charge on any atom is 0.192 e. The smallest absolute Gasteiger partial charge is 0.192 e. The maximum atomic E-state index is 7.00. The lowest BCUT2D eigenvalue weighted by Gasteiger charge is -2.44. The number of hydrogen-bond donors (Lipinski definition) is 0. The Morgan fingerprint density at radius 2 is 1.75 bits per heavy atom. The molecule has 0 aromatic heterocycles. The molecule has 0 bridgehead atoms. The van der Waals surface area contributed by atoms with Gasteiger partial charge in [-0.05, 0) is 44.0 Å². The second-order valence-corrected chi connectivity index (χ2v) is 13.6. The summed E-state index contributed by atoms with van der Waals surface area (Å²) in [5.74, 6) is 2.93. The second kappa shape index (κ2) is 14.7. The largest absolute Gasteiger partial charge is 0.409 e. The van der Waals surface area contributed by atoms with E-state index in [1.807, 2.05) is 32.0 Å². The van der Waals surface area contributed by atoms with E-state index >= 15 is 0 Å². The van der Waals surface area contributed by atoms with Gasteiger partial charge in [0, 0.05) is 13.7 Å². The molecule has 1 aromatic rings. The zero-order chi connectivity index (χ0) is 24.0. The van der Waals surface area contributed by atoms with Crippen LogP contribution in [0.2, 0.25) is 18.1 Å². The Bertz CT molecular complexity index is 670. The topological polar surface area (TPSA) is 36.9 Å². The molecular weight excluding hydrogens is 416 g/mol. The lowest BCUT2D eigenvalue weighted by Crippen LogP contribution is -2.55. The Labute approximate surface area is 197 Å². The first-order chi connectivity index (χ1) is 15.3. The van der Waals surface area contributed by atoms with Gasteiger partial charge in [-0.3, -0.25) is 0 Å². The molecule has 1 rings (SSSR count). The summed E-state index contributed by atoms with van der Waals surface area (Å²) in [4.78, 5) is 0. The number of benzene rings is 1. The van der Waals surface area contributed by atoms with Gasteiger partial charge in [-0.2, -0.15) is 0 Å². The average Bonchev–Trinajstić information content (AvgIpc) is 2.82. The summed E-state index contributed by atoms with van der Waals surface area (Å²) in [6, 6.07) is 13.3. The molecule has 0 unspecified atom stereocenters. The molecule has 0 radical (unpaired) electrons. The highest BCUT2D eigenvalue weighted by molar-refractivity contribution is 6.73. The van der Waals surface area contributed by atoms with Gasteiger partial charge in [-0.1, -0.05) is 63.1 Å². The van der Waals surface area contributed by atoms with Crippen LogP contribution in [-0.2, 0) is 25.2 Å².